The van der Waals surface area contributed by atoms with Gasteiger partial charge in [-0.1, -0.05) is 37.0 Å². The van der Waals surface area contributed by atoms with Gasteiger partial charge >= 0.3 is 0 Å². The van der Waals surface area contributed by atoms with Crippen LogP contribution in [-0.2, 0) is 6.54 Å². The van der Waals surface area contributed by atoms with E-state index >= 15 is 0 Å². The smallest absolute Gasteiger partial charge is 0.0872 e. The normalized spacial score (nSPS) is 12.8. The Kier molecular flexibility index (Phi) is 5.90. The minimum absolute atomic E-state index is 0.00370. The summed E-state index contributed by atoms with van der Waals surface area (Å²) in [5, 5.41) is 11.4. The molecule has 0 aliphatic rings. The molecule has 0 spiro atoms. The van der Waals surface area contributed by atoms with Crippen LogP contribution in [0.1, 0.15) is 43.3 Å². The van der Waals surface area contributed by atoms with Crippen molar-refractivity contribution in [2.24, 2.45) is 0 Å². The van der Waals surface area contributed by atoms with E-state index in [9.17, 15) is 0 Å². The van der Waals surface area contributed by atoms with E-state index in [-0.39, 0.29) is 6.04 Å². The molecule has 0 aliphatic carbocycles. The van der Waals surface area contributed by atoms with Crippen molar-refractivity contribution in [2.75, 3.05) is 6.54 Å². The summed E-state index contributed by atoms with van der Waals surface area (Å²) >= 11 is 14.3. The van der Waals surface area contributed by atoms with Gasteiger partial charge in [0.2, 0.25) is 0 Å². The van der Waals surface area contributed by atoms with E-state index in [0.29, 0.717) is 5.02 Å². The molecular weight excluding hydrogens is 313 g/mol. The van der Waals surface area contributed by atoms with Crippen LogP contribution in [0.5, 0.6) is 0 Å². The van der Waals surface area contributed by atoms with Gasteiger partial charge in [0.05, 0.1) is 28.0 Å². The van der Waals surface area contributed by atoms with Crippen molar-refractivity contribution in [3.8, 4) is 0 Å². The third kappa shape index (κ3) is 3.37. The van der Waals surface area contributed by atoms with Crippen LogP contribution >= 0.6 is 34.5 Å². The van der Waals surface area contributed by atoms with Gasteiger partial charge < -0.3 is 5.32 Å². The number of halogens is 2. The molecule has 2 aromatic rings. The van der Waals surface area contributed by atoms with Crippen LogP contribution in [0.3, 0.4) is 0 Å². The molecule has 0 aromatic carbocycles. The number of nitrogens with zero attached hydrogens (tertiary/aromatic N) is 2. The highest BCUT2D eigenvalue weighted by Gasteiger charge is 2.24. The zero-order valence-corrected chi connectivity index (χ0v) is 14.0. The Labute approximate surface area is 133 Å². The van der Waals surface area contributed by atoms with Crippen LogP contribution in [0.25, 0.3) is 0 Å². The van der Waals surface area contributed by atoms with E-state index in [1.54, 1.807) is 17.5 Å². The summed E-state index contributed by atoms with van der Waals surface area (Å²) in [6.45, 7) is 6.04. The topological polar surface area (TPSA) is 29.9 Å². The molecular formula is C14H19Cl2N3S. The summed E-state index contributed by atoms with van der Waals surface area (Å²) in [4.78, 5) is 1.10. The average molecular weight is 332 g/mol. The Balaban J connectivity index is 2.41. The van der Waals surface area contributed by atoms with Gasteiger partial charge in [0.25, 0.3) is 0 Å². The lowest BCUT2D eigenvalue weighted by Gasteiger charge is -2.20. The van der Waals surface area contributed by atoms with E-state index in [2.05, 4.69) is 24.3 Å². The van der Waals surface area contributed by atoms with Gasteiger partial charge in [0, 0.05) is 11.4 Å². The highest BCUT2D eigenvalue weighted by atomic mass is 35.5. The van der Waals surface area contributed by atoms with E-state index in [4.69, 9.17) is 23.2 Å². The number of aromatic nitrogens is 2. The lowest BCUT2D eigenvalue weighted by molar-refractivity contribution is 0.515. The van der Waals surface area contributed by atoms with Gasteiger partial charge in [-0.05, 0) is 30.8 Å². The van der Waals surface area contributed by atoms with Crippen LogP contribution < -0.4 is 5.32 Å². The molecule has 110 valence electrons. The number of hydrogen-bond donors (Lipinski definition) is 1. The van der Waals surface area contributed by atoms with Gasteiger partial charge in [-0.2, -0.15) is 5.10 Å². The maximum absolute atomic E-state index is 6.36. The van der Waals surface area contributed by atoms with Crippen molar-refractivity contribution in [1.82, 2.24) is 15.1 Å². The largest absolute Gasteiger partial charge is 0.304 e. The van der Waals surface area contributed by atoms with Crippen molar-refractivity contribution in [3.63, 3.8) is 0 Å². The third-order valence-electron chi connectivity index (χ3n) is 3.05. The minimum atomic E-state index is 0.00370. The second-order valence-corrected chi connectivity index (χ2v) is 6.38. The maximum atomic E-state index is 6.36. The molecule has 2 heterocycles. The molecule has 0 fully saturated rings. The number of aryl methyl sites for hydroxylation is 1. The van der Waals surface area contributed by atoms with Gasteiger partial charge in [0.15, 0.2) is 0 Å². The van der Waals surface area contributed by atoms with E-state index in [1.807, 2.05) is 16.1 Å². The molecule has 0 aliphatic heterocycles. The Morgan fingerprint density at radius 3 is 2.70 bits per heavy atom. The Morgan fingerprint density at radius 1 is 1.30 bits per heavy atom. The molecule has 3 nitrogen and oxygen atoms in total. The van der Waals surface area contributed by atoms with Crippen LogP contribution in [0.15, 0.2) is 17.6 Å². The second kappa shape index (κ2) is 7.46. The van der Waals surface area contributed by atoms with Gasteiger partial charge in [-0.15, -0.1) is 11.3 Å². The molecule has 2 rings (SSSR count). The Hall–Kier alpha value is -0.550. The predicted molar refractivity (Wildman–Crippen MR) is 87.0 cm³/mol. The summed E-state index contributed by atoms with van der Waals surface area (Å²) in [5.74, 6) is 0. The predicted octanol–water partition coefficient (Wildman–Crippen LogP) is 4.75. The first kappa shape index (κ1) is 15.8. The fourth-order valence-electron chi connectivity index (χ4n) is 2.16. The van der Waals surface area contributed by atoms with Crippen molar-refractivity contribution in [1.29, 1.82) is 0 Å². The van der Waals surface area contributed by atoms with E-state index in [0.717, 1.165) is 41.5 Å². The maximum Gasteiger partial charge on any atom is 0.0872 e. The van der Waals surface area contributed by atoms with Crippen molar-refractivity contribution in [2.45, 2.75) is 39.3 Å². The fraction of sp³-hybridized carbons (Fsp3) is 0.500. The summed E-state index contributed by atoms with van der Waals surface area (Å²) in [7, 11) is 0. The van der Waals surface area contributed by atoms with E-state index < -0.39 is 0 Å². The number of thiophene rings is 1. The van der Waals surface area contributed by atoms with Crippen molar-refractivity contribution < 1.29 is 0 Å². The molecule has 2 aromatic heterocycles. The summed E-state index contributed by atoms with van der Waals surface area (Å²) in [6.07, 6.45) is 3.79. The van der Waals surface area contributed by atoms with Crippen LogP contribution in [0.2, 0.25) is 10.0 Å². The third-order valence-corrected chi connectivity index (χ3v) is 4.76. The molecule has 1 atom stereocenters. The molecule has 0 radical (unpaired) electrons. The zero-order valence-electron chi connectivity index (χ0n) is 11.7. The van der Waals surface area contributed by atoms with Gasteiger partial charge in [-0.3, -0.25) is 4.68 Å². The first-order chi connectivity index (χ1) is 9.69. The van der Waals surface area contributed by atoms with Crippen molar-refractivity contribution >= 4 is 34.5 Å². The SMILES string of the molecule is CCCNC(c1sccc1Cl)c1c(Cl)cnn1CCC. The second-order valence-electron chi connectivity index (χ2n) is 4.62. The molecule has 0 saturated carbocycles. The summed E-state index contributed by atoms with van der Waals surface area (Å²) in [6, 6.07) is 1.93. The number of nitrogens with one attached hydrogen (secondary N) is 1. The first-order valence-electron chi connectivity index (χ1n) is 6.86. The highest BCUT2D eigenvalue weighted by molar-refractivity contribution is 7.10. The first-order valence-corrected chi connectivity index (χ1v) is 8.50. The highest BCUT2D eigenvalue weighted by Crippen LogP contribution is 2.35. The van der Waals surface area contributed by atoms with Crippen LogP contribution in [0, 0.1) is 0 Å². The average Bonchev–Trinajstić information content (AvgIpc) is 3.00. The minimum Gasteiger partial charge on any atom is -0.304 e. The fourth-order valence-corrected chi connectivity index (χ4v) is 3.66. The molecule has 20 heavy (non-hydrogen) atoms. The Morgan fingerprint density at radius 2 is 2.10 bits per heavy atom. The lowest BCUT2D eigenvalue weighted by Crippen LogP contribution is -2.25. The quantitative estimate of drug-likeness (QED) is 0.793. The molecule has 6 heteroatoms. The molecule has 0 amide bonds. The zero-order chi connectivity index (χ0) is 14.5. The van der Waals surface area contributed by atoms with Gasteiger partial charge in [-0.25, -0.2) is 0 Å². The van der Waals surface area contributed by atoms with Crippen molar-refractivity contribution in [3.05, 3.63) is 38.3 Å². The Bertz CT molecular complexity index is 550. The molecule has 0 saturated heterocycles. The number of hydrogen-bond acceptors (Lipinski definition) is 3. The molecule has 1 N–H and O–H groups in total. The van der Waals surface area contributed by atoms with Gasteiger partial charge in [0.1, 0.15) is 0 Å². The van der Waals surface area contributed by atoms with Crippen LogP contribution in [-0.4, -0.2) is 16.3 Å². The molecule has 1 unspecified atom stereocenters. The number of rotatable bonds is 7. The van der Waals surface area contributed by atoms with Crippen LogP contribution in [0.4, 0.5) is 0 Å². The monoisotopic (exact) mass is 331 g/mol. The lowest BCUT2D eigenvalue weighted by atomic mass is 10.1. The standard InChI is InChI=1S/C14H19Cl2N3S/c1-3-6-17-12(14-10(15)5-8-20-14)13-11(16)9-18-19(13)7-4-2/h5,8-9,12,17H,3-4,6-7H2,1-2H3. The molecule has 0 bridgehead atoms. The summed E-state index contributed by atoms with van der Waals surface area (Å²) in [5.41, 5.74) is 1.01. The summed E-state index contributed by atoms with van der Waals surface area (Å²) < 4.78 is 1.98. The van der Waals surface area contributed by atoms with E-state index in [1.165, 1.54) is 0 Å².